The third-order valence-electron chi connectivity index (χ3n) is 7.52. The average molecular weight is 621 g/mol. The van der Waals surface area contributed by atoms with Crippen molar-refractivity contribution in [1.29, 1.82) is 0 Å². The van der Waals surface area contributed by atoms with Crippen LogP contribution in [-0.2, 0) is 9.59 Å². The summed E-state index contributed by atoms with van der Waals surface area (Å²) in [7, 11) is 4.81. The van der Waals surface area contributed by atoms with Gasteiger partial charge >= 0.3 is 0 Å². The number of nitrogens with one attached hydrogen (secondary N) is 1. The van der Waals surface area contributed by atoms with E-state index >= 15 is 0 Å². The molecule has 0 saturated heterocycles. The molecule has 1 aromatic heterocycles. The fourth-order valence-corrected chi connectivity index (χ4v) is 6.56. The van der Waals surface area contributed by atoms with Crippen LogP contribution in [0.15, 0.2) is 103 Å². The van der Waals surface area contributed by atoms with Crippen molar-refractivity contribution >= 4 is 35.1 Å². The number of carbonyl (C=O) groups is 2. The summed E-state index contributed by atoms with van der Waals surface area (Å²) < 4.78 is 18.3. The van der Waals surface area contributed by atoms with E-state index in [-0.39, 0.29) is 29.4 Å². The number of benzene rings is 4. The number of hydrogen-bond acceptors (Lipinski definition) is 7. The number of thioether (sulfide) groups is 1. The molecule has 0 fully saturated rings. The lowest BCUT2D eigenvalue weighted by Gasteiger charge is -2.23. The summed E-state index contributed by atoms with van der Waals surface area (Å²) in [4.78, 5) is 29.0. The molecular formula is C35H32N4O5S. The van der Waals surface area contributed by atoms with E-state index in [9.17, 15) is 9.59 Å². The minimum Gasteiger partial charge on any atom is -0.497 e. The lowest BCUT2D eigenvalue weighted by atomic mass is 9.99. The second-order valence-corrected chi connectivity index (χ2v) is 11.4. The van der Waals surface area contributed by atoms with Gasteiger partial charge in [-0.05, 0) is 54.1 Å². The highest BCUT2D eigenvalue weighted by Crippen LogP contribution is 2.49. The van der Waals surface area contributed by atoms with Gasteiger partial charge in [-0.2, -0.15) is 5.10 Å². The average Bonchev–Trinajstić information content (AvgIpc) is 3.41. The maximum Gasteiger partial charge on any atom is 0.244 e. The molecule has 0 aliphatic carbocycles. The normalized spacial score (nSPS) is 14.3. The predicted molar refractivity (Wildman–Crippen MR) is 177 cm³/mol. The van der Waals surface area contributed by atoms with Crippen molar-refractivity contribution in [2.45, 2.75) is 5.25 Å². The highest BCUT2D eigenvalue weighted by Gasteiger charge is 2.38. The molecule has 45 heavy (non-hydrogen) atoms. The molecule has 1 aliphatic heterocycles. The Balaban J connectivity index is 1.57. The van der Waals surface area contributed by atoms with E-state index in [4.69, 9.17) is 19.3 Å². The minimum atomic E-state index is -0.326. The zero-order valence-electron chi connectivity index (χ0n) is 25.1. The Morgan fingerprint density at radius 1 is 0.867 bits per heavy atom. The molecule has 0 saturated carbocycles. The summed E-state index contributed by atoms with van der Waals surface area (Å²) in [5, 5.41) is 7.74. The van der Waals surface area contributed by atoms with Gasteiger partial charge in [0.05, 0.1) is 43.7 Å². The number of anilines is 2. The summed E-state index contributed by atoms with van der Waals surface area (Å²) in [5.41, 5.74) is 4.68. The standard InChI is InChI=1S/C35H32N4O5S/c1-42-27-17-15-26(16-18-27)39-35-32(33(37-39)23-10-6-4-7-11-23)34(24-14-19-28(43-2)29(20-24)44-3)45-22-31(41)38(35)21-30(40)36-25-12-8-5-9-13-25/h4-20,34H,21-22H2,1-3H3,(H,36,40). The third kappa shape index (κ3) is 6.09. The number of ether oxygens (including phenoxy) is 3. The Kier molecular flexibility index (Phi) is 8.74. The fraction of sp³-hybridized carbons (Fsp3) is 0.171. The van der Waals surface area contributed by atoms with Crippen LogP contribution >= 0.6 is 11.8 Å². The van der Waals surface area contributed by atoms with E-state index in [1.54, 1.807) is 30.9 Å². The van der Waals surface area contributed by atoms with Gasteiger partial charge in [-0.15, -0.1) is 11.8 Å². The summed E-state index contributed by atoms with van der Waals surface area (Å²) in [6, 6.07) is 32.3. The molecule has 2 amide bonds. The number of fused-ring (bicyclic) bond motifs is 1. The number of methoxy groups -OCH3 is 3. The van der Waals surface area contributed by atoms with Gasteiger partial charge in [-0.1, -0.05) is 54.6 Å². The van der Waals surface area contributed by atoms with Crippen LogP contribution in [0.5, 0.6) is 17.2 Å². The summed E-state index contributed by atoms with van der Waals surface area (Å²) in [6.45, 7) is -0.198. The van der Waals surface area contributed by atoms with Crippen LogP contribution in [0, 0.1) is 0 Å². The van der Waals surface area contributed by atoms with Crippen molar-refractivity contribution in [2.75, 3.05) is 43.8 Å². The first-order valence-electron chi connectivity index (χ1n) is 14.3. The number of amides is 2. The number of carbonyl (C=O) groups excluding carboxylic acids is 2. The van der Waals surface area contributed by atoms with Crippen LogP contribution in [0.4, 0.5) is 11.5 Å². The van der Waals surface area contributed by atoms with Crippen LogP contribution in [0.1, 0.15) is 16.4 Å². The van der Waals surface area contributed by atoms with Gasteiger partial charge in [0.1, 0.15) is 18.1 Å². The van der Waals surface area contributed by atoms with Gasteiger partial charge in [0, 0.05) is 16.8 Å². The Bertz CT molecular complexity index is 1810. The largest absolute Gasteiger partial charge is 0.497 e. The molecule has 1 aliphatic rings. The number of aromatic nitrogens is 2. The van der Waals surface area contributed by atoms with Gasteiger partial charge in [0.2, 0.25) is 11.8 Å². The molecule has 10 heteroatoms. The molecule has 5 aromatic rings. The van der Waals surface area contributed by atoms with E-state index in [0.717, 1.165) is 16.7 Å². The molecule has 9 nitrogen and oxygen atoms in total. The van der Waals surface area contributed by atoms with E-state index in [1.807, 2.05) is 103 Å². The summed E-state index contributed by atoms with van der Waals surface area (Å²) in [5.74, 6) is 2.01. The highest BCUT2D eigenvalue weighted by atomic mass is 32.2. The molecule has 1 unspecified atom stereocenters. The predicted octanol–water partition coefficient (Wildman–Crippen LogP) is 6.37. The second kappa shape index (κ2) is 13.2. The number of nitrogens with zero attached hydrogens (tertiary/aromatic N) is 3. The van der Waals surface area contributed by atoms with Crippen LogP contribution in [0.2, 0.25) is 0 Å². The second-order valence-electron chi connectivity index (χ2n) is 10.3. The maximum absolute atomic E-state index is 14.0. The van der Waals surface area contributed by atoms with Crippen LogP contribution in [0.3, 0.4) is 0 Å². The quantitative estimate of drug-likeness (QED) is 0.205. The molecule has 6 rings (SSSR count). The van der Waals surface area contributed by atoms with E-state index in [2.05, 4.69) is 5.32 Å². The molecule has 2 heterocycles. The van der Waals surface area contributed by atoms with Crippen molar-refractivity contribution in [3.8, 4) is 34.2 Å². The summed E-state index contributed by atoms with van der Waals surface area (Å²) >= 11 is 1.49. The highest BCUT2D eigenvalue weighted by molar-refractivity contribution is 8.00. The van der Waals surface area contributed by atoms with Crippen LogP contribution in [-0.4, -0.2) is 55.2 Å². The fourth-order valence-electron chi connectivity index (χ4n) is 5.38. The molecule has 0 spiro atoms. The molecule has 0 radical (unpaired) electrons. The third-order valence-corrected chi connectivity index (χ3v) is 8.78. The van der Waals surface area contributed by atoms with Crippen molar-refractivity contribution in [1.82, 2.24) is 9.78 Å². The zero-order chi connectivity index (χ0) is 31.3. The van der Waals surface area contributed by atoms with E-state index < -0.39 is 0 Å². The smallest absolute Gasteiger partial charge is 0.244 e. The number of para-hydroxylation sites is 1. The maximum atomic E-state index is 14.0. The Morgan fingerprint density at radius 2 is 1.56 bits per heavy atom. The molecule has 228 valence electrons. The van der Waals surface area contributed by atoms with E-state index in [0.29, 0.717) is 40.1 Å². The van der Waals surface area contributed by atoms with Crippen molar-refractivity contribution in [3.05, 3.63) is 114 Å². The lowest BCUT2D eigenvalue weighted by Crippen LogP contribution is -2.40. The van der Waals surface area contributed by atoms with Gasteiger partial charge < -0.3 is 19.5 Å². The number of rotatable bonds is 9. The first-order chi connectivity index (χ1) is 22.0. The monoisotopic (exact) mass is 620 g/mol. The topological polar surface area (TPSA) is 94.9 Å². The van der Waals surface area contributed by atoms with Gasteiger partial charge in [0.15, 0.2) is 11.5 Å². The van der Waals surface area contributed by atoms with Crippen LogP contribution in [0.25, 0.3) is 16.9 Å². The molecule has 1 N–H and O–H groups in total. The molecule has 0 bridgehead atoms. The first-order valence-corrected chi connectivity index (χ1v) is 15.4. The molecular weight excluding hydrogens is 588 g/mol. The molecule has 1 atom stereocenters. The van der Waals surface area contributed by atoms with Gasteiger partial charge in [-0.25, -0.2) is 4.68 Å². The SMILES string of the molecule is COc1ccc(-n2nc(-c3ccccc3)c3c2N(CC(=O)Nc2ccccc2)C(=O)CSC3c2ccc(OC)c(OC)c2)cc1. The van der Waals surface area contributed by atoms with Crippen molar-refractivity contribution < 1.29 is 23.8 Å². The lowest BCUT2D eigenvalue weighted by molar-refractivity contribution is -0.120. The Morgan fingerprint density at radius 3 is 2.22 bits per heavy atom. The number of hydrogen-bond donors (Lipinski definition) is 1. The van der Waals surface area contributed by atoms with E-state index in [1.165, 1.54) is 11.8 Å². The zero-order valence-corrected chi connectivity index (χ0v) is 25.9. The Hall–Kier alpha value is -5.22. The Labute approximate surface area is 265 Å². The summed E-state index contributed by atoms with van der Waals surface area (Å²) in [6.07, 6.45) is 0. The van der Waals surface area contributed by atoms with Gasteiger partial charge in [-0.3, -0.25) is 14.5 Å². The van der Waals surface area contributed by atoms with Crippen molar-refractivity contribution in [2.24, 2.45) is 0 Å². The first kappa shape index (κ1) is 29.8. The van der Waals surface area contributed by atoms with Crippen LogP contribution < -0.4 is 24.4 Å². The van der Waals surface area contributed by atoms with Gasteiger partial charge in [0.25, 0.3) is 0 Å². The molecule has 4 aromatic carbocycles. The van der Waals surface area contributed by atoms with Crippen molar-refractivity contribution in [3.63, 3.8) is 0 Å². The minimum absolute atomic E-state index is 0.142.